The maximum atomic E-state index is 10.8. The molecule has 1 aromatic carbocycles. The van der Waals surface area contributed by atoms with Crippen molar-refractivity contribution in [1.82, 2.24) is 4.90 Å². The second-order valence-corrected chi connectivity index (χ2v) is 6.19. The van der Waals surface area contributed by atoms with Gasteiger partial charge in [0.15, 0.2) is 0 Å². The van der Waals surface area contributed by atoms with E-state index in [9.17, 15) is 9.90 Å². The Bertz CT molecular complexity index is 485. The average molecular weight is 306 g/mol. The molecule has 0 aromatic heterocycles. The van der Waals surface area contributed by atoms with Crippen molar-refractivity contribution in [3.63, 3.8) is 0 Å². The standard InChI is InChI=1S/C17H26N2O3/c1-18-10-7-15(8-11-18)19(2)9-4-12-22-16-6-3-5-14(13-16)17(20)21/h3,5-6,13,15H,4,7-12H2,1-2H3,(H,20,21). The molecule has 1 saturated heterocycles. The summed E-state index contributed by atoms with van der Waals surface area (Å²) in [5, 5.41) is 10.8. The molecule has 0 bridgehead atoms. The summed E-state index contributed by atoms with van der Waals surface area (Å²) in [7, 11) is 4.44. The largest absolute Gasteiger partial charge is 0.545 e. The number of likely N-dealkylation sites (tertiary alicyclic amines) is 1. The van der Waals surface area contributed by atoms with E-state index < -0.39 is 5.97 Å². The van der Waals surface area contributed by atoms with Crippen molar-refractivity contribution in [2.75, 3.05) is 40.3 Å². The van der Waals surface area contributed by atoms with Crippen LogP contribution in [-0.4, -0.2) is 57.2 Å². The number of aromatic carboxylic acids is 1. The quantitative estimate of drug-likeness (QED) is 0.685. The molecule has 1 N–H and O–H groups in total. The number of carbonyl (C=O) groups is 1. The van der Waals surface area contributed by atoms with Crippen LogP contribution >= 0.6 is 0 Å². The van der Waals surface area contributed by atoms with Gasteiger partial charge in [-0.05, 0) is 25.6 Å². The maximum absolute atomic E-state index is 10.8. The fourth-order valence-electron chi connectivity index (χ4n) is 2.94. The lowest BCUT2D eigenvalue weighted by Gasteiger charge is -2.33. The molecule has 0 amide bonds. The van der Waals surface area contributed by atoms with Gasteiger partial charge in [0.2, 0.25) is 0 Å². The fourth-order valence-corrected chi connectivity index (χ4v) is 2.94. The molecule has 122 valence electrons. The van der Waals surface area contributed by atoms with E-state index in [2.05, 4.69) is 19.0 Å². The summed E-state index contributed by atoms with van der Waals surface area (Å²) in [5.74, 6) is -0.582. The third-order valence-electron chi connectivity index (χ3n) is 4.43. The van der Waals surface area contributed by atoms with E-state index in [4.69, 9.17) is 4.74 Å². The van der Waals surface area contributed by atoms with Crippen LogP contribution in [0.1, 0.15) is 29.6 Å². The smallest absolute Gasteiger partial charge is 0.119 e. The van der Waals surface area contributed by atoms with E-state index >= 15 is 0 Å². The Hall–Kier alpha value is -1.59. The van der Waals surface area contributed by atoms with Crippen molar-refractivity contribution in [1.29, 1.82) is 0 Å². The van der Waals surface area contributed by atoms with Crippen LogP contribution < -0.4 is 14.7 Å². The molecule has 1 aromatic rings. The Morgan fingerprint density at radius 1 is 1.41 bits per heavy atom. The first-order valence-electron chi connectivity index (χ1n) is 8.02. The summed E-state index contributed by atoms with van der Waals surface area (Å²) >= 11 is 0. The molecule has 1 aliphatic rings. The SMILES string of the molecule is CN(CCCOc1cccc(C(=O)[O-])c1)C1CC[NH+](C)CC1. The number of carbonyl (C=O) groups excluding carboxylic acids is 1. The fraction of sp³-hybridized carbons (Fsp3) is 0.588. The number of hydrogen-bond donors (Lipinski definition) is 1. The molecule has 0 saturated carbocycles. The molecule has 5 nitrogen and oxygen atoms in total. The van der Waals surface area contributed by atoms with Crippen molar-refractivity contribution in [2.24, 2.45) is 0 Å². The molecule has 2 rings (SSSR count). The predicted octanol–water partition coefficient (Wildman–Crippen LogP) is -0.572. The second-order valence-electron chi connectivity index (χ2n) is 6.19. The summed E-state index contributed by atoms with van der Waals surface area (Å²) in [4.78, 5) is 14.8. The highest BCUT2D eigenvalue weighted by molar-refractivity contribution is 5.86. The molecule has 1 fully saturated rings. The molecule has 0 atom stereocenters. The molecule has 0 radical (unpaired) electrons. The Morgan fingerprint density at radius 2 is 2.14 bits per heavy atom. The lowest BCUT2D eigenvalue weighted by Crippen LogP contribution is -3.10. The van der Waals surface area contributed by atoms with E-state index in [1.54, 1.807) is 17.0 Å². The van der Waals surface area contributed by atoms with Crippen LogP contribution in [0.2, 0.25) is 0 Å². The van der Waals surface area contributed by atoms with Crippen LogP contribution in [0, 0.1) is 0 Å². The van der Waals surface area contributed by atoms with Crippen LogP contribution in [0.15, 0.2) is 24.3 Å². The number of carboxylic acids is 1. The van der Waals surface area contributed by atoms with Crippen molar-refractivity contribution in [3.8, 4) is 5.75 Å². The van der Waals surface area contributed by atoms with Gasteiger partial charge in [0.25, 0.3) is 0 Å². The first kappa shape index (κ1) is 16.8. The number of nitrogens with zero attached hydrogens (tertiary/aromatic N) is 1. The van der Waals surface area contributed by atoms with Gasteiger partial charge in [-0.3, -0.25) is 0 Å². The zero-order chi connectivity index (χ0) is 15.9. The number of carboxylic acid groups (broad SMARTS) is 1. The van der Waals surface area contributed by atoms with Crippen LogP contribution in [0.25, 0.3) is 0 Å². The number of rotatable bonds is 7. The lowest BCUT2D eigenvalue weighted by molar-refractivity contribution is -0.885. The minimum absolute atomic E-state index is 0.156. The Labute approximate surface area is 132 Å². The van der Waals surface area contributed by atoms with Gasteiger partial charge in [-0.2, -0.15) is 0 Å². The van der Waals surface area contributed by atoms with Gasteiger partial charge >= 0.3 is 0 Å². The molecule has 0 aliphatic carbocycles. The third-order valence-corrected chi connectivity index (χ3v) is 4.43. The maximum Gasteiger partial charge on any atom is 0.119 e. The first-order valence-corrected chi connectivity index (χ1v) is 8.02. The zero-order valence-corrected chi connectivity index (χ0v) is 13.5. The van der Waals surface area contributed by atoms with Crippen LogP contribution in [0.4, 0.5) is 0 Å². The summed E-state index contributed by atoms with van der Waals surface area (Å²) in [5.41, 5.74) is 0.156. The van der Waals surface area contributed by atoms with Gasteiger partial charge in [-0.1, -0.05) is 12.1 Å². The van der Waals surface area contributed by atoms with E-state index in [-0.39, 0.29) is 5.56 Å². The van der Waals surface area contributed by atoms with Crippen LogP contribution in [-0.2, 0) is 0 Å². The number of benzene rings is 1. The van der Waals surface area contributed by atoms with Crippen molar-refractivity contribution in [2.45, 2.75) is 25.3 Å². The highest BCUT2D eigenvalue weighted by atomic mass is 16.5. The topological polar surface area (TPSA) is 57.0 Å². The minimum Gasteiger partial charge on any atom is -0.545 e. The second kappa shape index (κ2) is 8.15. The summed E-state index contributed by atoms with van der Waals surface area (Å²) in [6.07, 6.45) is 3.46. The zero-order valence-electron chi connectivity index (χ0n) is 13.5. The number of quaternary nitrogens is 1. The normalized spacial score (nSPS) is 21.8. The van der Waals surface area contributed by atoms with Gasteiger partial charge in [0.1, 0.15) is 5.75 Å². The average Bonchev–Trinajstić information content (AvgIpc) is 2.52. The molecule has 0 unspecified atom stereocenters. The lowest BCUT2D eigenvalue weighted by atomic mass is 10.0. The Balaban J connectivity index is 1.68. The minimum atomic E-state index is -1.17. The Kier molecular flexibility index (Phi) is 6.21. The van der Waals surface area contributed by atoms with Crippen molar-refractivity contribution < 1.29 is 19.5 Å². The van der Waals surface area contributed by atoms with E-state index in [1.165, 1.54) is 38.1 Å². The molecule has 0 spiro atoms. The predicted molar refractivity (Wildman–Crippen MR) is 83.2 cm³/mol. The van der Waals surface area contributed by atoms with Gasteiger partial charge in [-0.15, -0.1) is 0 Å². The molecule has 1 aliphatic heterocycles. The Morgan fingerprint density at radius 3 is 2.82 bits per heavy atom. The molecule has 5 heteroatoms. The molecular weight excluding hydrogens is 280 g/mol. The van der Waals surface area contributed by atoms with Crippen LogP contribution in [0.5, 0.6) is 5.75 Å². The number of hydrogen-bond acceptors (Lipinski definition) is 4. The van der Waals surface area contributed by atoms with Gasteiger partial charge in [-0.25, -0.2) is 0 Å². The monoisotopic (exact) mass is 306 g/mol. The highest BCUT2D eigenvalue weighted by Gasteiger charge is 2.22. The summed E-state index contributed by atoms with van der Waals surface area (Å²) < 4.78 is 5.63. The molecule has 22 heavy (non-hydrogen) atoms. The summed E-state index contributed by atoms with van der Waals surface area (Å²) in [6, 6.07) is 7.16. The number of piperidine rings is 1. The van der Waals surface area contributed by atoms with Crippen molar-refractivity contribution in [3.05, 3.63) is 29.8 Å². The molecule has 1 heterocycles. The van der Waals surface area contributed by atoms with Gasteiger partial charge < -0.3 is 24.4 Å². The highest BCUT2D eigenvalue weighted by Crippen LogP contribution is 2.13. The third kappa shape index (κ3) is 5.00. The number of nitrogens with one attached hydrogen (secondary N) is 1. The molecular formula is C17H26N2O3. The van der Waals surface area contributed by atoms with E-state index in [1.807, 2.05) is 0 Å². The van der Waals surface area contributed by atoms with E-state index in [0.717, 1.165) is 13.0 Å². The van der Waals surface area contributed by atoms with E-state index in [0.29, 0.717) is 18.4 Å². The summed E-state index contributed by atoms with van der Waals surface area (Å²) in [6.45, 7) is 4.10. The van der Waals surface area contributed by atoms with Gasteiger partial charge in [0, 0.05) is 31.0 Å². The number of ether oxygens (including phenoxy) is 1. The van der Waals surface area contributed by atoms with Crippen LogP contribution in [0.3, 0.4) is 0 Å². The van der Waals surface area contributed by atoms with Gasteiger partial charge in [0.05, 0.1) is 32.7 Å². The first-order chi connectivity index (χ1) is 10.6. The van der Waals surface area contributed by atoms with Crippen molar-refractivity contribution >= 4 is 5.97 Å².